The van der Waals surface area contributed by atoms with Crippen LogP contribution in [-0.2, 0) is 4.79 Å². The molecule has 1 aromatic rings. The normalized spacial score (nSPS) is 15.6. The first-order valence-electron chi connectivity index (χ1n) is 6.93. The zero-order valence-electron chi connectivity index (χ0n) is 11.9. The fraction of sp³-hybridized carbons (Fsp3) is 0.533. The summed E-state index contributed by atoms with van der Waals surface area (Å²) in [6, 6.07) is 5.36. The van der Waals surface area contributed by atoms with Crippen molar-refractivity contribution in [1.82, 2.24) is 5.32 Å². The van der Waals surface area contributed by atoms with Crippen LogP contribution in [-0.4, -0.2) is 30.8 Å². The van der Waals surface area contributed by atoms with Crippen LogP contribution in [0.4, 0.5) is 0 Å². The van der Waals surface area contributed by atoms with Gasteiger partial charge in [0.05, 0.1) is 19.3 Å². The van der Waals surface area contributed by atoms with Crippen LogP contribution in [0.3, 0.4) is 0 Å². The van der Waals surface area contributed by atoms with Crippen LogP contribution in [0.2, 0.25) is 0 Å². The molecule has 1 amide bonds. The first-order chi connectivity index (χ1) is 9.58. The molecule has 0 spiro atoms. The molecule has 2 rings (SSSR count). The molecule has 0 saturated heterocycles. The Hall–Kier alpha value is -1.75. The van der Waals surface area contributed by atoms with E-state index < -0.39 is 6.10 Å². The zero-order valence-corrected chi connectivity index (χ0v) is 11.9. The number of fused-ring (bicyclic) bond motifs is 1. The van der Waals surface area contributed by atoms with Crippen LogP contribution in [0.15, 0.2) is 18.2 Å². The van der Waals surface area contributed by atoms with E-state index in [-0.39, 0.29) is 18.4 Å². The van der Waals surface area contributed by atoms with Crippen LogP contribution >= 0.6 is 0 Å². The minimum Gasteiger partial charge on any atom is -0.490 e. The van der Waals surface area contributed by atoms with E-state index in [1.165, 1.54) is 0 Å². The number of nitrogens with one attached hydrogen (secondary N) is 1. The number of ether oxygens (including phenoxy) is 2. The lowest BCUT2D eigenvalue weighted by Gasteiger charge is -2.15. The largest absolute Gasteiger partial charge is 0.490 e. The minimum absolute atomic E-state index is 0.0709. The monoisotopic (exact) mass is 279 g/mol. The molecule has 1 aliphatic heterocycles. The molecule has 0 fully saturated rings. The van der Waals surface area contributed by atoms with Crippen molar-refractivity contribution in [2.75, 3.05) is 19.8 Å². The molecule has 110 valence electrons. The third-order valence-electron chi connectivity index (χ3n) is 3.15. The van der Waals surface area contributed by atoms with Crippen molar-refractivity contribution in [3.8, 4) is 11.5 Å². The Bertz CT molecular complexity index is 473. The summed E-state index contributed by atoms with van der Waals surface area (Å²) in [5.41, 5.74) is 0.707. The van der Waals surface area contributed by atoms with Crippen molar-refractivity contribution in [2.24, 2.45) is 5.92 Å². The summed E-state index contributed by atoms with van der Waals surface area (Å²) >= 11 is 0. The Morgan fingerprint density at radius 3 is 2.70 bits per heavy atom. The average Bonchev–Trinajstić information content (AvgIpc) is 2.68. The zero-order chi connectivity index (χ0) is 14.5. The van der Waals surface area contributed by atoms with Gasteiger partial charge < -0.3 is 19.9 Å². The van der Waals surface area contributed by atoms with Gasteiger partial charge in [-0.05, 0) is 17.7 Å². The minimum atomic E-state index is -0.755. The SMILES string of the molecule is CC(C)C(=O)NCC(O)c1ccc2c(c1)OCCCO2. The summed E-state index contributed by atoms with van der Waals surface area (Å²) in [4.78, 5) is 11.5. The predicted molar refractivity (Wildman–Crippen MR) is 74.9 cm³/mol. The molecular formula is C15H21NO4. The van der Waals surface area contributed by atoms with E-state index in [0.717, 1.165) is 6.42 Å². The molecule has 1 unspecified atom stereocenters. The van der Waals surface area contributed by atoms with E-state index in [1.54, 1.807) is 18.2 Å². The standard InChI is InChI=1S/C15H21NO4/c1-10(2)15(18)16-9-12(17)11-4-5-13-14(8-11)20-7-3-6-19-13/h4-5,8,10,12,17H,3,6-7,9H2,1-2H3,(H,16,18). The van der Waals surface area contributed by atoms with E-state index in [4.69, 9.17) is 9.47 Å². The lowest BCUT2D eigenvalue weighted by atomic mass is 10.1. The highest BCUT2D eigenvalue weighted by Gasteiger charge is 2.16. The van der Waals surface area contributed by atoms with Crippen molar-refractivity contribution < 1.29 is 19.4 Å². The third-order valence-corrected chi connectivity index (χ3v) is 3.15. The maximum Gasteiger partial charge on any atom is 0.222 e. The molecule has 20 heavy (non-hydrogen) atoms. The molecule has 1 aliphatic rings. The van der Waals surface area contributed by atoms with E-state index in [0.29, 0.717) is 30.3 Å². The topological polar surface area (TPSA) is 67.8 Å². The van der Waals surface area contributed by atoms with Gasteiger partial charge in [0.2, 0.25) is 5.91 Å². The Morgan fingerprint density at radius 2 is 2.00 bits per heavy atom. The Labute approximate surface area is 118 Å². The Kier molecular flexibility index (Phi) is 4.84. The van der Waals surface area contributed by atoms with Crippen LogP contribution in [0.1, 0.15) is 31.9 Å². The highest BCUT2D eigenvalue weighted by atomic mass is 16.5. The fourth-order valence-electron chi connectivity index (χ4n) is 1.91. The predicted octanol–water partition coefficient (Wildman–Crippen LogP) is 1.65. The molecule has 5 nitrogen and oxygen atoms in total. The van der Waals surface area contributed by atoms with Gasteiger partial charge in [-0.1, -0.05) is 19.9 Å². The van der Waals surface area contributed by atoms with E-state index >= 15 is 0 Å². The van der Waals surface area contributed by atoms with Gasteiger partial charge in [0, 0.05) is 18.9 Å². The Morgan fingerprint density at radius 1 is 1.30 bits per heavy atom. The van der Waals surface area contributed by atoms with Crippen molar-refractivity contribution >= 4 is 5.91 Å². The number of carbonyl (C=O) groups excluding carboxylic acids is 1. The second-order valence-corrected chi connectivity index (χ2v) is 5.17. The summed E-state index contributed by atoms with van der Waals surface area (Å²) in [7, 11) is 0. The molecule has 1 heterocycles. The number of hydrogen-bond donors (Lipinski definition) is 2. The van der Waals surface area contributed by atoms with Gasteiger partial charge in [0.1, 0.15) is 0 Å². The second kappa shape index (κ2) is 6.61. The number of carbonyl (C=O) groups is 1. The number of benzene rings is 1. The molecule has 5 heteroatoms. The maximum atomic E-state index is 11.5. The number of aliphatic hydroxyl groups excluding tert-OH is 1. The quantitative estimate of drug-likeness (QED) is 0.879. The highest BCUT2D eigenvalue weighted by Crippen LogP contribution is 2.32. The average molecular weight is 279 g/mol. The summed E-state index contributed by atoms with van der Waals surface area (Å²) in [6.07, 6.45) is 0.0895. The van der Waals surface area contributed by atoms with E-state index in [1.807, 2.05) is 13.8 Å². The van der Waals surface area contributed by atoms with E-state index in [9.17, 15) is 9.90 Å². The summed E-state index contributed by atoms with van der Waals surface area (Å²) < 4.78 is 11.1. The fourth-order valence-corrected chi connectivity index (χ4v) is 1.91. The third kappa shape index (κ3) is 3.63. The van der Waals surface area contributed by atoms with Crippen molar-refractivity contribution in [3.63, 3.8) is 0 Å². The Balaban J connectivity index is 2.01. The number of amides is 1. The van der Waals surface area contributed by atoms with Crippen LogP contribution < -0.4 is 14.8 Å². The van der Waals surface area contributed by atoms with Crippen LogP contribution in [0.5, 0.6) is 11.5 Å². The first kappa shape index (κ1) is 14.7. The molecule has 1 atom stereocenters. The summed E-state index contributed by atoms with van der Waals surface area (Å²) in [5.74, 6) is 1.18. The van der Waals surface area contributed by atoms with Gasteiger partial charge >= 0.3 is 0 Å². The van der Waals surface area contributed by atoms with Gasteiger partial charge in [-0.25, -0.2) is 0 Å². The van der Waals surface area contributed by atoms with Gasteiger partial charge in [-0.3, -0.25) is 4.79 Å². The van der Waals surface area contributed by atoms with Gasteiger partial charge in [-0.15, -0.1) is 0 Å². The van der Waals surface area contributed by atoms with Crippen molar-refractivity contribution in [2.45, 2.75) is 26.4 Å². The van der Waals surface area contributed by atoms with Gasteiger partial charge in [0.15, 0.2) is 11.5 Å². The lowest BCUT2D eigenvalue weighted by Crippen LogP contribution is -2.31. The second-order valence-electron chi connectivity index (χ2n) is 5.17. The molecule has 0 aromatic heterocycles. The lowest BCUT2D eigenvalue weighted by molar-refractivity contribution is -0.124. The first-order valence-corrected chi connectivity index (χ1v) is 6.93. The molecule has 0 radical (unpaired) electrons. The molecule has 1 aromatic carbocycles. The number of rotatable bonds is 4. The smallest absolute Gasteiger partial charge is 0.222 e. The molecule has 2 N–H and O–H groups in total. The summed E-state index contributed by atoms with van der Waals surface area (Å²) in [5, 5.41) is 12.8. The number of aliphatic hydroxyl groups is 1. The molecule has 0 aliphatic carbocycles. The van der Waals surface area contributed by atoms with Crippen LogP contribution in [0.25, 0.3) is 0 Å². The highest BCUT2D eigenvalue weighted by molar-refractivity contribution is 5.77. The van der Waals surface area contributed by atoms with Gasteiger partial charge in [0.25, 0.3) is 0 Å². The van der Waals surface area contributed by atoms with Crippen molar-refractivity contribution in [3.05, 3.63) is 23.8 Å². The molecule has 0 saturated carbocycles. The summed E-state index contributed by atoms with van der Waals surface area (Å²) in [6.45, 7) is 5.07. The molecular weight excluding hydrogens is 258 g/mol. The van der Waals surface area contributed by atoms with Gasteiger partial charge in [-0.2, -0.15) is 0 Å². The van der Waals surface area contributed by atoms with Crippen LogP contribution in [0, 0.1) is 5.92 Å². The number of hydrogen-bond acceptors (Lipinski definition) is 4. The van der Waals surface area contributed by atoms with E-state index in [2.05, 4.69) is 5.32 Å². The maximum absolute atomic E-state index is 11.5. The van der Waals surface area contributed by atoms with Crippen molar-refractivity contribution in [1.29, 1.82) is 0 Å². The molecule has 0 bridgehead atoms.